The van der Waals surface area contributed by atoms with Gasteiger partial charge in [0.25, 0.3) is 0 Å². The Hall–Kier alpha value is -3.72. The molecule has 0 saturated heterocycles. The van der Waals surface area contributed by atoms with E-state index in [2.05, 4.69) is 0 Å². The molecule has 0 saturated carbocycles. The third-order valence-electron chi connectivity index (χ3n) is 5.07. The van der Waals surface area contributed by atoms with Gasteiger partial charge in [0.05, 0.1) is 18.6 Å². The number of carbonyl (C=O) groups is 2. The number of ketones is 1. The van der Waals surface area contributed by atoms with Gasteiger partial charge < -0.3 is 4.74 Å². The molecule has 4 rings (SSSR count). The second-order valence-corrected chi connectivity index (χ2v) is 6.89. The second kappa shape index (κ2) is 8.11. The van der Waals surface area contributed by atoms with Gasteiger partial charge in [0.1, 0.15) is 0 Å². The Balaban J connectivity index is 1.81. The number of esters is 1. The van der Waals surface area contributed by atoms with Crippen LogP contribution in [0.4, 0.5) is 0 Å². The average Bonchev–Trinajstić information content (AvgIpc) is 2.79. The number of Topliss-reactive ketones (excluding diaryl/α,β-unsaturated/α-hetero) is 1. The lowest BCUT2D eigenvalue weighted by molar-refractivity contribution is 0.0600. The second-order valence-electron chi connectivity index (χ2n) is 6.89. The van der Waals surface area contributed by atoms with Crippen molar-refractivity contribution in [1.82, 2.24) is 0 Å². The number of ether oxygens (including phenoxy) is 1. The van der Waals surface area contributed by atoms with Gasteiger partial charge >= 0.3 is 5.97 Å². The fraction of sp³-hybridized carbons (Fsp3) is 0.0769. The first-order chi connectivity index (χ1) is 14.2. The van der Waals surface area contributed by atoms with Gasteiger partial charge in [-0.05, 0) is 34.0 Å². The predicted octanol–water partition coefficient (Wildman–Crippen LogP) is 5.64. The molecule has 29 heavy (non-hydrogen) atoms. The van der Waals surface area contributed by atoms with Crippen molar-refractivity contribution in [3.63, 3.8) is 0 Å². The fourth-order valence-electron chi connectivity index (χ4n) is 3.60. The van der Waals surface area contributed by atoms with Crippen LogP contribution < -0.4 is 0 Å². The van der Waals surface area contributed by atoms with Gasteiger partial charge in [0, 0.05) is 5.56 Å². The highest BCUT2D eigenvalue weighted by molar-refractivity contribution is 6.04. The Morgan fingerprint density at radius 1 is 0.655 bits per heavy atom. The quantitative estimate of drug-likeness (QED) is 0.332. The van der Waals surface area contributed by atoms with Crippen LogP contribution in [0.5, 0.6) is 0 Å². The molecule has 0 aromatic heterocycles. The van der Waals surface area contributed by atoms with E-state index in [1.165, 1.54) is 7.11 Å². The van der Waals surface area contributed by atoms with Gasteiger partial charge in [-0.3, -0.25) is 4.79 Å². The molecular weight excluding hydrogens is 360 g/mol. The van der Waals surface area contributed by atoms with Crippen molar-refractivity contribution in [2.24, 2.45) is 0 Å². The summed E-state index contributed by atoms with van der Waals surface area (Å²) in [6, 6.07) is 30.5. The molecule has 4 aromatic rings. The molecule has 3 heteroatoms. The Labute approximate surface area is 169 Å². The maximum Gasteiger partial charge on any atom is 0.337 e. The number of hydrogen-bond donors (Lipinski definition) is 0. The van der Waals surface area contributed by atoms with E-state index in [-0.39, 0.29) is 11.8 Å². The molecule has 0 N–H and O–H groups in total. The van der Waals surface area contributed by atoms with E-state index in [1.807, 2.05) is 91.0 Å². The van der Waals surface area contributed by atoms with Crippen LogP contribution in [-0.2, 0) is 4.74 Å². The molecule has 142 valence electrons. The van der Waals surface area contributed by atoms with E-state index in [0.717, 1.165) is 21.9 Å². The summed E-state index contributed by atoms with van der Waals surface area (Å²) < 4.78 is 4.80. The minimum atomic E-state index is -0.400. The lowest BCUT2D eigenvalue weighted by Crippen LogP contribution is -2.14. The van der Waals surface area contributed by atoms with E-state index in [1.54, 1.807) is 6.07 Å². The zero-order chi connectivity index (χ0) is 20.2. The first-order valence-electron chi connectivity index (χ1n) is 9.43. The minimum Gasteiger partial charge on any atom is -0.465 e. The highest BCUT2D eigenvalue weighted by Crippen LogP contribution is 2.31. The van der Waals surface area contributed by atoms with Gasteiger partial charge in [0.15, 0.2) is 5.78 Å². The highest BCUT2D eigenvalue weighted by atomic mass is 16.5. The number of carbonyl (C=O) groups excluding carboxylic acids is 2. The van der Waals surface area contributed by atoms with Crippen molar-refractivity contribution in [3.05, 3.63) is 119 Å². The van der Waals surface area contributed by atoms with Gasteiger partial charge in [0.2, 0.25) is 0 Å². The SMILES string of the molecule is COC(=O)c1ccc2cc(C(C(=O)c3ccccc3)c3ccccc3)ccc2c1. The van der Waals surface area contributed by atoms with Crippen molar-refractivity contribution in [3.8, 4) is 0 Å². The van der Waals surface area contributed by atoms with Crippen LogP contribution in [0.1, 0.15) is 37.8 Å². The third kappa shape index (κ3) is 3.81. The summed E-state index contributed by atoms with van der Waals surface area (Å²) in [6.07, 6.45) is 0. The molecule has 3 nitrogen and oxygen atoms in total. The van der Waals surface area contributed by atoms with Crippen molar-refractivity contribution < 1.29 is 14.3 Å². The van der Waals surface area contributed by atoms with Crippen LogP contribution in [0.15, 0.2) is 97.1 Å². The van der Waals surface area contributed by atoms with Gasteiger partial charge in [-0.1, -0.05) is 84.9 Å². The molecule has 0 bridgehead atoms. The molecule has 0 heterocycles. The lowest BCUT2D eigenvalue weighted by atomic mass is 9.84. The zero-order valence-corrected chi connectivity index (χ0v) is 16.0. The maximum atomic E-state index is 13.4. The Kier molecular flexibility index (Phi) is 5.21. The monoisotopic (exact) mass is 380 g/mol. The van der Waals surface area contributed by atoms with Crippen molar-refractivity contribution in [2.75, 3.05) is 7.11 Å². The van der Waals surface area contributed by atoms with Crippen LogP contribution >= 0.6 is 0 Å². The summed E-state index contributed by atoms with van der Waals surface area (Å²) in [5, 5.41) is 1.90. The summed E-state index contributed by atoms with van der Waals surface area (Å²) >= 11 is 0. The topological polar surface area (TPSA) is 43.4 Å². The number of methoxy groups -OCH3 is 1. The predicted molar refractivity (Wildman–Crippen MR) is 114 cm³/mol. The van der Waals surface area contributed by atoms with Crippen molar-refractivity contribution in [2.45, 2.75) is 5.92 Å². The van der Waals surface area contributed by atoms with Crippen LogP contribution in [-0.4, -0.2) is 18.9 Å². The number of fused-ring (bicyclic) bond motifs is 1. The number of benzene rings is 4. The maximum absolute atomic E-state index is 13.4. The van der Waals surface area contributed by atoms with Crippen LogP contribution in [0.25, 0.3) is 10.8 Å². The molecule has 0 aliphatic heterocycles. The molecule has 1 unspecified atom stereocenters. The molecule has 0 radical (unpaired) electrons. The van der Waals surface area contributed by atoms with E-state index >= 15 is 0 Å². The normalized spacial score (nSPS) is 11.8. The standard InChI is InChI=1S/C26H20O3/c1-29-26(28)23-15-13-20-16-22(14-12-21(20)17-23)24(18-8-4-2-5-9-18)25(27)19-10-6-3-7-11-19/h2-17,24H,1H3. The van der Waals surface area contributed by atoms with Crippen LogP contribution in [0.3, 0.4) is 0 Å². The molecule has 0 aliphatic carbocycles. The number of hydrogen-bond acceptors (Lipinski definition) is 3. The van der Waals surface area contributed by atoms with Gasteiger partial charge in [-0.2, -0.15) is 0 Å². The minimum absolute atomic E-state index is 0.0577. The lowest BCUT2D eigenvalue weighted by Gasteiger charge is -2.18. The Morgan fingerprint density at radius 3 is 1.97 bits per heavy atom. The van der Waals surface area contributed by atoms with E-state index in [0.29, 0.717) is 11.1 Å². The smallest absolute Gasteiger partial charge is 0.337 e. The largest absolute Gasteiger partial charge is 0.465 e. The summed E-state index contributed by atoms with van der Waals surface area (Å²) in [5.41, 5.74) is 3.06. The fourth-order valence-corrected chi connectivity index (χ4v) is 3.60. The molecular formula is C26H20O3. The van der Waals surface area contributed by atoms with Gasteiger partial charge in [-0.25, -0.2) is 4.79 Å². The zero-order valence-electron chi connectivity index (χ0n) is 16.0. The molecule has 0 fully saturated rings. The molecule has 0 amide bonds. The Morgan fingerprint density at radius 2 is 1.28 bits per heavy atom. The Bertz CT molecular complexity index is 1160. The summed E-state index contributed by atoms with van der Waals surface area (Å²) in [5.74, 6) is -0.706. The average molecular weight is 380 g/mol. The summed E-state index contributed by atoms with van der Waals surface area (Å²) in [6.45, 7) is 0. The summed E-state index contributed by atoms with van der Waals surface area (Å²) in [4.78, 5) is 25.2. The van der Waals surface area contributed by atoms with E-state index < -0.39 is 5.92 Å². The highest BCUT2D eigenvalue weighted by Gasteiger charge is 2.24. The first kappa shape index (κ1) is 18.6. The van der Waals surface area contributed by atoms with Crippen molar-refractivity contribution in [1.29, 1.82) is 0 Å². The molecule has 1 atom stereocenters. The first-order valence-corrected chi connectivity index (χ1v) is 9.43. The van der Waals surface area contributed by atoms with Gasteiger partial charge in [-0.15, -0.1) is 0 Å². The molecule has 0 spiro atoms. The molecule has 0 aliphatic rings. The van der Waals surface area contributed by atoms with Crippen LogP contribution in [0, 0.1) is 0 Å². The number of rotatable bonds is 5. The van der Waals surface area contributed by atoms with E-state index in [4.69, 9.17) is 4.74 Å². The van der Waals surface area contributed by atoms with E-state index in [9.17, 15) is 9.59 Å². The summed E-state index contributed by atoms with van der Waals surface area (Å²) in [7, 11) is 1.37. The van der Waals surface area contributed by atoms with Crippen LogP contribution in [0.2, 0.25) is 0 Å². The third-order valence-corrected chi connectivity index (χ3v) is 5.07. The van der Waals surface area contributed by atoms with Crippen molar-refractivity contribution >= 4 is 22.5 Å². The molecule has 4 aromatic carbocycles.